The first-order valence-electron chi connectivity index (χ1n) is 3.95. The van der Waals surface area contributed by atoms with Gasteiger partial charge in [-0.3, -0.25) is 15.1 Å². The molecule has 1 aliphatic rings. The number of fused-ring (bicyclic) bond motifs is 1. The van der Waals surface area contributed by atoms with Crippen molar-refractivity contribution in [1.82, 2.24) is 10.3 Å². The van der Waals surface area contributed by atoms with Crippen LogP contribution in [0.1, 0.15) is 24.1 Å². The summed E-state index contributed by atoms with van der Waals surface area (Å²) in [4.78, 5) is 15.1. The maximum atomic E-state index is 11.1. The molecule has 0 bridgehead atoms. The van der Waals surface area contributed by atoms with E-state index in [1.807, 2.05) is 12.3 Å². The summed E-state index contributed by atoms with van der Waals surface area (Å²) in [7, 11) is 0. The first kappa shape index (κ1) is 7.43. The molecule has 12 heavy (non-hydrogen) atoms. The van der Waals surface area contributed by atoms with Crippen molar-refractivity contribution in [3.63, 3.8) is 0 Å². The van der Waals surface area contributed by atoms with Crippen molar-refractivity contribution in [2.75, 3.05) is 0 Å². The SMILES string of the molecule is CC(=O)C1NCc2cnccc21. The molecule has 2 heterocycles. The molecule has 0 aromatic carbocycles. The zero-order chi connectivity index (χ0) is 8.55. The summed E-state index contributed by atoms with van der Waals surface area (Å²) in [6.07, 6.45) is 3.53. The quantitative estimate of drug-likeness (QED) is 0.664. The zero-order valence-electron chi connectivity index (χ0n) is 6.87. The Morgan fingerprint density at radius 2 is 2.58 bits per heavy atom. The number of aromatic nitrogens is 1. The molecule has 1 aliphatic heterocycles. The smallest absolute Gasteiger partial charge is 0.151 e. The van der Waals surface area contributed by atoms with Gasteiger partial charge in [-0.2, -0.15) is 0 Å². The van der Waals surface area contributed by atoms with Gasteiger partial charge < -0.3 is 0 Å². The molecular weight excluding hydrogens is 152 g/mol. The van der Waals surface area contributed by atoms with E-state index in [2.05, 4.69) is 10.3 Å². The van der Waals surface area contributed by atoms with Crippen LogP contribution in [0.3, 0.4) is 0 Å². The van der Waals surface area contributed by atoms with Crippen LogP contribution in [0.15, 0.2) is 18.5 Å². The Morgan fingerprint density at radius 1 is 1.75 bits per heavy atom. The van der Waals surface area contributed by atoms with Gasteiger partial charge in [-0.25, -0.2) is 0 Å². The number of ketones is 1. The fourth-order valence-electron chi connectivity index (χ4n) is 1.55. The minimum Gasteiger partial charge on any atom is -0.300 e. The highest BCUT2D eigenvalue weighted by Crippen LogP contribution is 2.24. The van der Waals surface area contributed by atoms with Crippen LogP contribution < -0.4 is 5.32 Å². The standard InChI is InChI=1S/C9H10N2O/c1-6(12)9-8-2-3-10-4-7(8)5-11-9/h2-4,9,11H,5H2,1H3. The number of rotatable bonds is 1. The third-order valence-corrected chi connectivity index (χ3v) is 2.16. The molecule has 1 N–H and O–H groups in total. The molecule has 1 aromatic heterocycles. The van der Waals surface area contributed by atoms with Crippen molar-refractivity contribution in [3.8, 4) is 0 Å². The van der Waals surface area contributed by atoms with Crippen LogP contribution in [0.4, 0.5) is 0 Å². The highest BCUT2D eigenvalue weighted by molar-refractivity contribution is 5.84. The van der Waals surface area contributed by atoms with E-state index >= 15 is 0 Å². The van der Waals surface area contributed by atoms with Crippen molar-refractivity contribution in [2.24, 2.45) is 0 Å². The fourth-order valence-corrected chi connectivity index (χ4v) is 1.55. The number of nitrogens with one attached hydrogen (secondary N) is 1. The molecule has 1 atom stereocenters. The van der Waals surface area contributed by atoms with Crippen molar-refractivity contribution in [1.29, 1.82) is 0 Å². The molecule has 0 spiro atoms. The lowest BCUT2D eigenvalue weighted by atomic mass is 10.1. The lowest BCUT2D eigenvalue weighted by Crippen LogP contribution is -2.19. The molecule has 1 aromatic rings. The van der Waals surface area contributed by atoms with Crippen LogP contribution in [0.5, 0.6) is 0 Å². The second-order valence-corrected chi connectivity index (χ2v) is 3.00. The van der Waals surface area contributed by atoms with Crippen molar-refractivity contribution in [2.45, 2.75) is 19.5 Å². The molecule has 0 amide bonds. The number of hydrogen-bond donors (Lipinski definition) is 1. The van der Waals surface area contributed by atoms with Gasteiger partial charge in [-0.1, -0.05) is 0 Å². The molecule has 0 saturated heterocycles. The average Bonchev–Trinajstić information content (AvgIpc) is 2.47. The minimum atomic E-state index is -0.108. The van der Waals surface area contributed by atoms with E-state index in [4.69, 9.17) is 0 Å². The number of hydrogen-bond acceptors (Lipinski definition) is 3. The number of nitrogens with zero attached hydrogens (tertiary/aromatic N) is 1. The highest BCUT2D eigenvalue weighted by Gasteiger charge is 2.24. The van der Waals surface area contributed by atoms with Crippen LogP contribution in [0, 0.1) is 0 Å². The molecule has 0 saturated carbocycles. The van der Waals surface area contributed by atoms with E-state index in [0.29, 0.717) is 0 Å². The summed E-state index contributed by atoms with van der Waals surface area (Å²) in [6.45, 7) is 2.36. The van der Waals surface area contributed by atoms with Gasteiger partial charge in [0.15, 0.2) is 5.78 Å². The summed E-state index contributed by atoms with van der Waals surface area (Å²) in [5.41, 5.74) is 2.22. The van der Waals surface area contributed by atoms with Crippen molar-refractivity contribution >= 4 is 5.78 Å². The van der Waals surface area contributed by atoms with E-state index in [0.717, 1.165) is 17.7 Å². The Balaban J connectivity index is 2.42. The molecule has 2 rings (SSSR count). The molecule has 1 unspecified atom stereocenters. The van der Waals surface area contributed by atoms with Gasteiger partial charge in [0.2, 0.25) is 0 Å². The molecule has 62 valence electrons. The predicted molar refractivity (Wildman–Crippen MR) is 44.5 cm³/mol. The summed E-state index contributed by atoms with van der Waals surface area (Å²) in [5, 5.41) is 3.13. The van der Waals surface area contributed by atoms with Crippen LogP contribution >= 0.6 is 0 Å². The van der Waals surface area contributed by atoms with E-state index < -0.39 is 0 Å². The summed E-state index contributed by atoms with van der Waals surface area (Å²) in [6, 6.07) is 1.80. The Labute approximate surface area is 70.8 Å². The first-order valence-corrected chi connectivity index (χ1v) is 3.95. The van der Waals surface area contributed by atoms with E-state index in [9.17, 15) is 4.79 Å². The normalized spacial score (nSPS) is 20.6. The monoisotopic (exact) mass is 162 g/mol. The third kappa shape index (κ3) is 1.02. The van der Waals surface area contributed by atoms with E-state index in [1.165, 1.54) is 0 Å². The maximum absolute atomic E-state index is 11.1. The third-order valence-electron chi connectivity index (χ3n) is 2.16. The molecule has 3 heteroatoms. The van der Waals surface area contributed by atoms with Gasteiger partial charge in [-0.15, -0.1) is 0 Å². The van der Waals surface area contributed by atoms with Crippen LogP contribution in [0.2, 0.25) is 0 Å². The lowest BCUT2D eigenvalue weighted by molar-refractivity contribution is -0.118. The number of carbonyl (C=O) groups excluding carboxylic acids is 1. The van der Waals surface area contributed by atoms with Gasteiger partial charge in [0, 0.05) is 18.9 Å². The minimum absolute atomic E-state index is 0.108. The van der Waals surface area contributed by atoms with Gasteiger partial charge in [-0.05, 0) is 24.1 Å². The molecule has 3 nitrogen and oxygen atoms in total. The first-order chi connectivity index (χ1) is 5.79. The van der Waals surface area contributed by atoms with Gasteiger partial charge in [0.1, 0.15) is 0 Å². The van der Waals surface area contributed by atoms with Gasteiger partial charge in [0.25, 0.3) is 0 Å². The van der Waals surface area contributed by atoms with E-state index in [-0.39, 0.29) is 11.8 Å². The van der Waals surface area contributed by atoms with Crippen LogP contribution in [0.25, 0.3) is 0 Å². The molecular formula is C9H10N2O. The predicted octanol–water partition coefficient (Wildman–Crippen LogP) is 0.815. The Bertz CT molecular complexity index is 322. The number of pyridine rings is 1. The average molecular weight is 162 g/mol. The lowest BCUT2D eigenvalue weighted by Gasteiger charge is -2.05. The largest absolute Gasteiger partial charge is 0.300 e. The summed E-state index contributed by atoms with van der Waals surface area (Å²) in [5.74, 6) is 0.167. The Morgan fingerprint density at radius 3 is 3.33 bits per heavy atom. The van der Waals surface area contributed by atoms with Crippen LogP contribution in [-0.4, -0.2) is 10.8 Å². The van der Waals surface area contributed by atoms with Crippen LogP contribution in [-0.2, 0) is 11.3 Å². The van der Waals surface area contributed by atoms with E-state index in [1.54, 1.807) is 13.1 Å². The zero-order valence-corrected chi connectivity index (χ0v) is 6.87. The Hall–Kier alpha value is -1.22. The number of Topliss-reactive ketones (excluding diaryl/α,β-unsaturated/α-hetero) is 1. The van der Waals surface area contributed by atoms with Crippen molar-refractivity contribution < 1.29 is 4.79 Å². The molecule has 0 radical (unpaired) electrons. The second-order valence-electron chi connectivity index (χ2n) is 3.00. The molecule has 0 fully saturated rings. The fraction of sp³-hybridized carbons (Fsp3) is 0.333. The topological polar surface area (TPSA) is 42.0 Å². The number of carbonyl (C=O) groups is 1. The Kier molecular flexibility index (Phi) is 1.66. The maximum Gasteiger partial charge on any atom is 0.151 e. The van der Waals surface area contributed by atoms with Gasteiger partial charge >= 0.3 is 0 Å². The van der Waals surface area contributed by atoms with Crippen molar-refractivity contribution in [3.05, 3.63) is 29.6 Å². The highest BCUT2D eigenvalue weighted by atomic mass is 16.1. The summed E-state index contributed by atoms with van der Waals surface area (Å²) < 4.78 is 0. The van der Waals surface area contributed by atoms with Gasteiger partial charge in [0.05, 0.1) is 6.04 Å². The second kappa shape index (κ2) is 2.68. The molecule has 0 aliphatic carbocycles. The summed E-state index contributed by atoms with van der Waals surface area (Å²) >= 11 is 0.